The van der Waals surface area contributed by atoms with E-state index >= 15 is 0 Å². The molecule has 0 amide bonds. The smallest absolute Gasteiger partial charge is 0.141 e. The van der Waals surface area contributed by atoms with Gasteiger partial charge in [-0.2, -0.15) is 10.5 Å². The third kappa shape index (κ3) is 4.78. The molecular weight excluding hydrogens is 693 g/mol. The van der Waals surface area contributed by atoms with Crippen molar-refractivity contribution < 1.29 is 0 Å². The van der Waals surface area contributed by atoms with Crippen molar-refractivity contribution in [1.82, 2.24) is 9.97 Å². The second-order valence-corrected chi connectivity index (χ2v) is 14.7. The number of pyridine rings is 2. The molecule has 7 aromatic carbocycles. The Bertz CT molecular complexity index is 3190. The lowest BCUT2D eigenvalue weighted by molar-refractivity contribution is 0.795. The molecule has 57 heavy (non-hydrogen) atoms. The molecule has 262 valence electrons. The summed E-state index contributed by atoms with van der Waals surface area (Å²) in [5, 5.41) is 21.5. The van der Waals surface area contributed by atoms with Gasteiger partial charge in [-0.15, -0.1) is 0 Å². The highest BCUT2D eigenvalue weighted by molar-refractivity contribution is 6.11. The Morgan fingerprint density at radius 2 is 0.860 bits per heavy atom. The molecule has 2 aromatic heterocycles. The Kier molecular flexibility index (Phi) is 7.17. The number of nitrogens with zero attached hydrogens (tertiary/aromatic N) is 4. The van der Waals surface area contributed by atoms with E-state index in [1.54, 1.807) is 12.4 Å². The van der Waals surface area contributed by atoms with Crippen molar-refractivity contribution in [1.29, 1.82) is 10.5 Å². The summed E-state index contributed by atoms with van der Waals surface area (Å²) in [5.41, 5.74) is 18.9. The number of fused-ring (bicyclic) bond motifs is 12. The monoisotopic (exact) mass is 722 g/mol. The van der Waals surface area contributed by atoms with E-state index in [1.807, 2.05) is 24.3 Å². The summed E-state index contributed by atoms with van der Waals surface area (Å²) >= 11 is 0. The molecule has 2 aliphatic carbocycles. The minimum absolute atomic E-state index is 0.399. The van der Waals surface area contributed by atoms with E-state index in [9.17, 15) is 10.5 Å². The predicted molar refractivity (Wildman–Crippen MR) is 227 cm³/mol. The van der Waals surface area contributed by atoms with Crippen molar-refractivity contribution in [3.8, 4) is 78.9 Å². The van der Waals surface area contributed by atoms with Crippen LogP contribution in [0, 0.1) is 22.7 Å². The van der Waals surface area contributed by atoms with Gasteiger partial charge in [0.15, 0.2) is 0 Å². The van der Waals surface area contributed by atoms with Crippen LogP contribution >= 0.6 is 0 Å². The number of nitriles is 2. The summed E-state index contributed by atoms with van der Waals surface area (Å²) in [7, 11) is 0. The first-order valence-electron chi connectivity index (χ1n) is 19.0. The number of benzene rings is 7. The van der Waals surface area contributed by atoms with E-state index in [1.165, 1.54) is 55.3 Å². The van der Waals surface area contributed by atoms with Crippen molar-refractivity contribution in [3.63, 3.8) is 0 Å². The maximum Gasteiger partial charge on any atom is 0.141 e. The maximum absolute atomic E-state index is 9.60. The molecule has 0 radical (unpaired) electrons. The van der Waals surface area contributed by atoms with Crippen LogP contribution in [0.25, 0.3) is 77.5 Å². The van der Waals surface area contributed by atoms with Crippen molar-refractivity contribution >= 4 is 10.8 Å². The summed E-state index contributed by atoms with van der Waals surface area (Å²) in [4.78, 5) is 8.42. The molecule has 9 aromatic rings. The highest BCUT2D eigenvalue weighted by Gasteiger charge is 2.52. The molecule has 1 spiro atoms. The summed E-state index contributed by atoms with van der Waals surface area (Å²) in [5.74, 6) is 0. The van der Waals surface area contributed by atoms with E-state index in [0.717, 1.165) is 44.5 Å². The molecule has 0 fully saturated rings. The largest absolute Gasteiger partial charge is 0.246 e. The van der Waals surface area contributed by atoms with Crippen LogP contribution in [0.4, 0.5) is 0 Å². The van der Waals surface area contributed by atoms with E-state index in [0.29, 0.717) is 11.4 Å². The van der Waals surface area contributed by atoms with Crippen LogP contribution < -0.4 is 0 Å². The normalized spacial score (nSPS) is 12.7. The minimum atomic E-state index is -0.568. The fraction of sp³-hybridized carbons (Fsp3) is 0.0189. The average molecular weight is 723 g/mol. The quantitative estimate of drug-likeness (QED) is 0.181. The van der Waals surface area contributed by atoms with Gasteiger partial charge in [0.25, 0.3) is 0 Å². The van der Waals surface area contributed by atoms with E-state index in [-0.39, 0.29) is 0 Å². The molecule has 0 saturated carbocycles. The lowest BCUT2D eigenvalue weighted by Gasteiger charge is -2.31. The summed E-state index contributed by atoms with van der Waals surface area (Å²) in [6, 6.07) is 65.3. The van der Waals surface area contributed by atoms with E-state index < -0.39 is 5.41 Å². The summed E-state index contributed by atoms with van der Waals surface area (Å²) < 4.78 is 0. The summed E-state index contributed by atoms with van der Waals surface area (Å²) in [6.07, 6.45) is 3.40. The number of hydrogen-bond acceptors (Lipinski definition) is 4. The first kappa shape index (κ1) is 32.5. The Labute approximate surface area is 330 Å². The Balaban J connectivity index is 1.19. The fourth-order valence-corrected chi connectivity index (χ4v) is 9.50. The zero-order valence-corrected chi connectivity index (χ0v) is 30.6. The second kappa shape index (κ2) is 12.6. The SMILES string of the molecule is N#Cc1cc(-c2cccc(-c3ccc4c(c3)C3(c5ccccc5-c5ccccc53)c3cc(-c5cccc(-c6ccnc(C#N)c6)c5)c5ccccc5c3-4)c2)ccn1. The molecule has 2 heterocycles. The molecule has 4 heteroatoms. The van der Waals surface area contributed by atoms with Gasteiger partial charge in [0.1, 0.15) is 23.5 Å². The highest BCUT2D eigenvalue weighted by atomic mass is 14.7. The van der Waals surface area contributed by atoms with E-state index in [2.05, 4.69) is 168 Å². The second-order valence-electron chi connectivity index (χ2n) is 14.7. The van der Waals surface area contributed by atoms with Crippen molar-refractivity contribution in [2.45, 2.75) is 5.41 Å². The third-order valence-corrected chi connectivity index (χ3v) is 11.9. The third-order valence-electron chi connectivity index (χ3n) is 11.9. The van der Waals surface area contributed by atoms with Crippen LogP contribution in [0.2, 0.25) is 0 Å². The zero-order valence-electron chi connectivity index (χ0n) is 30.6. The molecule has 0 bridgehead atoms. The standard InChI is InChI=1S/C53H30N4/c54-31-40-27-37(21-23-56-40)34-10-7-9-33(25-34)36-19-20-46-50(29-36)53(48-17-5-3-14-43(48)44-15-4-6-18-49(44)53)51-30-47(42-13-1-2-16-45(42)52(46)51)39-12-8-11-35(26-39)38-22-24-57-41(28-38)32-55/h1-30H. The molecule has 0 unspecified atom stereocenters. The van der Waals surface area contributed by atoms with Gasteiger partial charge in [-0.05, 0) is 148 Å². The van der Waals surface area contributed by atoms with Crippen LogP contribution in [-0.4, -0.2) is 9.97 Å². The fourth-order valence-electron chi connectivity index (χ4n) is 9.50. The first-order valence-corrected chi connectivity index (χ1v) is 19.0. The molecule has 0 atom stereocenters. The van der Waals surface area contributed by atoms with Crippen LogP contribution in [0.1, 0.15) is 33.6 Å². The molecule has 0 N–H and O–H groups in total. The Hall–Kier alpha value is -7.92. The number of aromatic nitrogens is 2. The van der Waals surface area contributed by atoms with Gasteiger partial charge in [-0.3, -0.25) is 0 Å². The van der Waals surface area contributed by atoms with Gasteiger partial charge in [0.2, 0.25) is 0 Å². The van der Waals surface area contributed by atoms with Crippen molar-refractivity contribution in [2.75, 3.05) is 0 Å². The highest BCUT2D eigenvalue weighted by Crippen LogP contribution is 2.64. The summed E-state index contributed by atoms with van der Waals surface area (Å²) in [6.45, 7) is 0. The zero-order chi connectivity index (χ0) is 38.1. The van der Waals surface area contributed by atoms with Gasteiger partial charge in [0.05, 0.1) is 5.41 Å². The molecule has 4 nitrogen and oxygen atoms in total. The molecule has 11 rings (SSSR count). The topological polar surface area (TPSA) is 73.4 Å². The van der Waals surface area contributed by atoms with Crippen molar-refractivity contribution in [3.05, 3.63) is 216 Å². The molecule has 0 aliphatic heterocycles. The first-order chi connectivity index (χ1) is 28.1. The van der Waals surface area contributed by atoms with Crippen molar-refractivity contribution in [2.24, 2.45) is 0 Å². The lowest BCUT2D eigenvalue weighted by atomic mass is 9.69. The van der Waals surface area contributed by atoms with Crippen LogP contribution in [-0.2, 0) is 5.41 Å². The Morgan fingerprint density at radius 3 is 1.47 bits per heavy atom. The molecule has 2 aliphatic rings. The van der Waals surface area contributed by atoms with Crippen LogP contribution in [0.15, 0.2) is 182 Å². The van der Waals surface area contributed by atoms with Crippen LogP contribution in [0.3, 0.4) is 0 Å². The van der Waals surface area contributed by atoms with Crippen LogP contribution in [0.5, 0.6) is 0 Å². The maximum atomic E-state index is 9.60. The van der Waals surface area contributed by atoms with Gasteiger partial charge in [-0.25, -0.2) is 9.97 Å². The van der Waals surface area contributed by atoms with Gasteiger partial charge in [-0.1, -0.05) is 121 Å². The lowest BCUT2D eigenvalue weighted by Crippen LogP contribution is -2.26. The Morgan fingerprint density at radius 1 is 0.351 bits per heavy atom. The predicted octanol–water partition coefficient (Wildman–Crippen LogP) is 12.4. The minimum Gasteiger partial charge on any atom is -0.246 e. The van der Waals surface area contributed by atoms with Gasteiger partial charge in [0, 0.05) is 12.4 Å². The average Bonchev–Trinajstić information content (AvgIpc) is 3.76. The van der Waals surface area contributed by atoms with Gasteiger partial charge < -0.3 is 0 Å². The number of hydrogen-bond donors (Lipinski definition) is 0. The van der Waals surface area contributed by atoms with Gasteiger partial charge >= 0.3 is 0 Å². The molecule has 0 saturated heterocycles. The number of rotatable bonds is 4. The molecular formula is C53H30N4. The van der Waals surface area contributed by atoms with E-state index in [4.69, 9.17) is 0 Å².